The Morgan fingerprint density at radius 3 is 2.85 bits per heavy atom. The minimum absolute atomic E-state index is 0.584. The van der Waals surface area contributed by atoms with E-state index in [0.717, 1.165) is 31.7 Å². The second-order valence-corrected chi connectivity index (χ2v) is 5.09. The van der Waals surface area contributed by atoms with Crippen LogP contribution in [0.15, 0.2) is 22.7 Å². The maximum Gasteiger partial charge on any atom is 0.266 e. The predicted molar refractivity (Wildman–Crippen MR) is 73.3 cm³/mol. The second kappa shape index (κ2) is 4.88. The highest BCUT2D eigenvalue weighted by Gasteiger charge is 2.19. The number of morpholine rings is 1. The van der Waals surface area contributed by atoms with Gasteiger partial charge in [0, 0.05) is 31.7 Å². The zero-order chi connectivity index (χ0) is 13.4. The number of nitrogens with zero attached hydrogens (tertiary/aromatic N) is 3. The van der Waals surface area contributed by atoms with Gasteiger partial charge in [0.15, 0.2) is 0 Å². The van der Waals surface area contributed by atoms with E-state index in [1.807, 2.05) is 6.07 Å². The van der Waals surface area contributed by atoms with Gasteiger partial charge in [-0.15, -0.1) is 0 Å². The molecule has 6 nitrogen and oxygen atoms in total. The number of hydrogen-bond donors (Lipinski definition) is 1. The third kappa shape index (κ3) is 2.07. The fourth-order valence-corrected chi connectivity index (χ4v) is 2.65. The lowest BCUT2D eigenvalue weighted by atomic mass is 10.1. The summed E-state index contributed by atoms with van der Waals surface area (Å²) in [5.74, 6) is 1.24. The maximum absolute atomic E-state index is 5.40. The fraction of sp³-hybridized carbons (Fsp3) is 0.429. The first kappa shape index (κ1) is 11.9. The van der Waals surface area contributed by atoms with Crippen molar-refractivity contribution in [3.8, 4) is 11.5 Å². The molecule has 2 aliphatic heterocycles. The van der Waals surface area contributed by atoms with Gasteiger partial charge in [0.2, 0.25) is 0 Å². The van der Waals surface area contributed by atoms with Gasteiger partial charge >= 0.3 is 0 Å². The van der Waals surface area contributed by atoms with E-state index in [9.17, 15) is 0 Å². The summed E-state index contributed by atoms with van der Waals surface area (Å²) in [6.45, 7) is 4.91. The quantitative estimate of drug-likeness (QED) is 0.885. The van der Waals surface area contributed by atoms with Crippen LogP contribution in [-0.2, 0) is 17.8 Å². The average Bonchev–Trinajstić information content (AvgIpc) is 3.16. The Balaban J connectivity index is 1.61. The molecular formula is C14H16N4O2. The zero-order valence-electron chi connectivity index (χ0n) is 11.1. The number of aromatic nitrogens is 2. The zero-order valence-corrected chi connectivity index (χ0v) is 11.1. The SMILES string of the molecule is c1cc2c(cc1-c1nc(N3CCOCC3)no1)CNC2. The lowest BCUT2D eigenvalue weighted by Gasteiger charge is -2.24. The molecule has 3 heterocycles. The molecule has 0 atom stereocenters. The normalized spacial score (nSPS) is 18.3. The first-order valence-corrected chi connectivity index (χ1v) is 6.89. The van der Waals surface area contributed by atoms with Crippen LogP contribution in [0.3, 0.4) is 0 Å². The Bertz CT molecular complexity index is 619. The lowest BCUT2D eigenvalue weighted by molar-refractivity contribution is 0.121. The molecule has 1 aromatic carbocycles. The summed E-state index contributed by atoms with van der Waals surface area (Å²) in [5.41, 5.74) is 3.65. The first-order chi connectivity index (χ1) is 9.90. The van der Waals surface area contributed by atoms with Crippen LogP contribution in [-0.4, -0.2) is 36.4 Å². The van der Waals surface area contributed by atoms with Gasteiger partial charge in [-0.3, -0.25) is 0 Å². The van der Waals surface area contributed by atoms with Crippen LogP contribution in [0.5, 0.6) is 0 Å². The minimum atomic E-state index is 0.584. The molecule has 1 fully saturated rings. The highest BCUT2D eigenvalue weighted by molar-refractivity contribution is 5.57. The maximum atomic E-state index is 5.40. The summed E-state index contributed by atoms with van der Waals surface area (Å²) in [7, 11) is 0. The molecule has 0 unspecified atom stereocenters. The Morgan fingerprint density at radius 2 is 1.95 bits per heavy atom. The second-order valence-electron chi connectivity index (χ2n) is 5.09. The largest absolute Gasteiger partial charge is 0.378 e. The molecule has 1 N–H and O–H groups in total. The van der Waals surface area contributed by atoms with E-state index in [1.165, 1.54) is 11.1 Å². The number of nitrogens with one attached hydrogen (secondary N) is 1. The Hall–Kier alpha value is -1.92. The monoisotopic (exact) mass is 272 g/mol. The summed E-state index contributed by atoms with van der Waals surface area (Å²) in [5, 5.41) is 7.41. The molecule has 0 saturated carbocycles. The predicted octanol–water partition coefficient (Wildman–Crippen LogP) is 1.18. The van der Waals surface area contributed by atoms with Crippen LogP contribution < -0.4 is 10.2 Å². The van der Waals surface area contributed by atoms with E-state index >= 15 is 0 Å². The Labute approximate surface area is 116 Å². The third-order valence-corrected chi connectivity index (χ3v) is 3.79. The lowest BCUT2D eigenvalue weighted by Crippen LogP contribution is -2.36. The summed E-state index contributed by atoms with van der Waals surface area (Å²) < 4.78 is 10.7. The molecule has 0 radical (unpaired) electrons. The highest BCUT2D eigenvalue weighted by atomic mass is 16.5. The van der Waals surface area contributed by atoms with Crippen molar-refractivity contribution in [1.82, 2.24) is 15.5 Å². The third-order valence-electron chi connectivity index (χ3n) is 3.79. The molecule has 0 spiro atoms. The van der Waals surface area contributed by atoms with Crippen LogP contribution >= 0.6 is 0 Å². The van der Waals surface area contributed by atoms with Crippen LogP contribution in [0, 0.1) is 0 Å². The number of fused-ring (bicyclic) bond motifs is 1. The van der Waals surface area contributed by atoms with Crippen molar-refractivity contribution in [2.75, 3.05) is 31.2 Å². The Kier molecular flexibility index (Phi) is 2.90. The van der Waals surface area contributed by atoms with Gasteiger partial charge in [-0.2, -0.15) is 4.98 Å². The molecule has 0 aliphatic carbocycles. The van der Waals surface area contributed by atoms with E-state index in [2.05, 4.69) is 32.5 Å². The van der Waals surface area contributed by atoms with Crippen molar-refractivity contribution in [3.05, 3.63) is 29.3 Å². The summed E-state index contributed by atoms with van der Waals surface area (Å²) in [6.07, 6.45) is 0. The van der Waals surface area contributed by atoms with Gasteiger partial charge in [0.1, 0.15) is 0 Å². The van der Waals surface area contributed by atoms with E-state index in [4.69, 9.17) is 9.26 Å². The molecule has 1 saturated heterocycles. The van der Waals surface area contributed by atoms with Gasteiger partial charge in [-0.1, -0.05) is 6.07 Å². The number of hydrogen-bond acceptors (Lipinski definition) is 6. The Morgan fingerprint density at radius 1 is 1.10 bits per heavy atom. The van der Waals surface area contributed by atoms with Crippen molar-refractivity contribution in [1.29, 1.82) is 0 Å². The standard InChI is InChI=1S/C14H16N4O2/c1-2-11-8-15-9-12(11)7-10(1)13-16-14(17-20-13)18-3-5-19-6-4-18/h1-2,7,15H,3-6,8-9H2. The van der Waals surface area contributed by atoms with E-state index in [-0.39, 0.29) is 0 Å². The van der Waals surface area contributed by atoms with Crippen molar-refractivity contribution >= 4 is 5.95 Å². The van der Waals surface area contributed by atoms with Crippen molar-refractivity contribution in [2.24, 2.45) is 0 Å². The number of anilines is 1. The highest BCUT2D eigenvalue weighted by Crippen LogP contribution is 2.25. The molecule has 104 valence electrons. The van der Waals surface area contributed by atoms with Gasteiger partial charge in [0.25, 0.3) is 11.8 Å². The topological polar surface area (TPSA) is 63.4 Å². The van der Waals surface area contributed by atoms with Gasteiger partial charge in [0.05, 0.1) is 13.2 Å². The molecule has 6 heteroatoms. The molecule has 2 aromatic rings. The van der Waals surface area contributed by atoms with E-state index < -0.39 is 0 Å². The van der Waals surface area contributed by atoms with Crippen LogP contribution in [0.1, 0.15) is 11.1 Å². The molecule has 1 aromatic heterocycles. The fourth-order valence-electron chi connectivity index (χ4n) is 2.65. The van der Waals surface area contributed by atoms with Crippen molar-refractivity contribution in [2.45, 2.75) is 13.1 Å². The molecule has 0 amide bonds. The molecule has 0 bridgehead atoms. The minimum Gasteiger partial charge on any atom is -0.378 e. The summed E-state index contributed by atoms with van der Waals surface area (Å²) >= 11 is 0. The van der Waals surface area contributed by atoms with Gasteiger partial charge < -0.3 is 19.5 Å². The molecule has 20 heavy (non-hydrogen) atoms. The van der Waals surface area contributed by atoms with Crippen LogP contribution in [0.25, 0.3) is 11.5 Å². The van der Waals surface area contributed by atoms with Crippen LogP contribution in [0.4, 0.5) is 5.95 Å². The molecule has 4 rings (SSSR count). The van der Waals surface area contributed by atoms with Crippen LogP contribution in [0.2, 0.25) is 0 Å². The average molecular weight is 272 g/mol. The summed E-state index contributed by atoms with van der Waals surface area (Å²) in [6, 6.07) is 6.30. The van der Waals surface area contributed by atoms with Crippen molar-refractivity contribution in [3.63, 3.8) is 0 Å². The van der Waals surface area contributed by atoms with Gasteiger partial charge in [-0.05, 0) is 28.4 Å². The number of ether oxygens (including phenoxy) is 1. The first-order valence-electron chi connectivity index (χ1n) is 6.89. The molecule has 2 aliphatic rings. The van der Waals surface area contributed by atoms with Crippen molar-refractivity contribution < 1.29 is 9.26 Å². The number of benzene rings is 1. The van der Waals surface area contributed by atoms with E-state index in [1.54, 1.807) is 0 Å². The number of rotatable bonds is 2. The van der Waals surface area contributed by atoms with E-state index in [0.29, 0.717) is 25.1 Å². The smallest absolute Gasteiger partial charge is 0.266 e. The molecular weight excluding hydrogens is 256 g/mol. The van der Waals surface area contributed by atoms with Gasteiger partial charge in [-0.25, -0.2) is 0 Å². The summed E-state index contributed by atoms with van der Waals surface area (Å²) in [4.78, 5) is 6.59.